The molecule has 1 heterocycles. The third-order valence-electron chi connectivity index (χ3n) is 13.3. The molecule has 268 valence electrons. The van der Waals surface area contributed by atoms with E-state index in [0.717, 1.165) is 25.7 Å². The molecule has 6 N–H and O–H groups in total. The summed E-state index contributed by atoms with van der Waals surface area (Å²) >= 11 is 0. The molecule has 0 amide bonds. The second kappa shape index (κ2) is 13.4. The van der Waals surface area contributed by atoms with E-state index in [1.165, 1.54) is 7.11 Å². The van der Waals surface area contributed by atoms with Crippen molar-refractivity contribution >= 4 is 10.4 Å². The van der Waals surface area contributed by atoms with Gasteiger partial charge in [-0.1, -0.05) is 34.6 Å². The summed E-state index contributed by atoms with van der Waals surface area (Å²) in [5, 5.41) is 56.8. The van der Waals surface area contributed by atoms with Crippen molar-refractivity contribution in [1.29, 1.82) is 0 Å². The van der Waals surface area contributed by atoms with Gasteiger partial charge in [0.2, 0.25) is 0 Å². The molecule has 0 bridgehead atoms. The Bertz CT molecular complexity index is 1170. The molecule has 13 heteroatoms. The van der Waals surface area contributed by atoms with Crippen molar-refractivity contribution in [3.63, 3.8) is 0 Å². The first kappa shape index (κ1) is 36.8. The molecule has 4 saturated carbocycles. The number of aliphatic hydroxyl groups is 5. The molecule has 5 aliphatic rings. The molecule has 12 nitrogen and oxygen atoms in total. The normalized spacial score (nSPS) is 48.9. The van der Waals surface area contributed by atoms with Gasteiger partial charge in [-0.3, -0.25) is 4.55 Å². The third-order valence-corrected chi connectivity index (χ3v) is 13.8. The van der Waals surface area contributed by atoms with Crippen LogP contribution in [0, 0.1) is 46.3 Å². The van der Waals surface area contributed by atoms with Crippen molar-refractivity contribution in [3.8, 4) is 0 Å². The molecule has 0 aromatic carbocycles. The van der Waals surface area contributed by atoms with E-state index < -0.39 is 65.5 Å². The zero-order valence-corrected chi connectivity index (χ0v) is 29.0. The van der Waals surface area contributed by atoms with Crippen LogP contribution in [-0.4, -0.2) is 107 Å². The molecule has 46 heavy (non-hydrogen) atoms. The lowest BCUT2D eigenvalue weighted by molar-refractivity contribution is -0.263. The molecule has 0 aromatic heterocycles. The average molecular weight is 679 g/mol. The summed E-state index contributed by atoms with van der Waals surface area (Å²) in [5.74, 6) is -0.0431. The van der Waals surface area contributed by atoms with E-state index in [0.29, 0.717) is 25.7 Å². The van der Waals surface area contributed by atoms with Gasteiger partial charge in [-0.15, -0.1) is 0 Å². The van der Waals surface area contributed by atoms with Crippen LogP contribution in [0.1, 0.15) is 92.4 Å². The van der Waals surface area contributed by atoms with Crippen molar-refractivity contribution < 1.29 is 56.9 Å². The summed E-state index contributed by atoms with van der Waals surface area (Å²) < 4.78 is 53.0. The Balaban J connectivity index is 1.26. The number of aliphatic hydroxyl groups excluding tert-OH is 4. The smallest absolute Gasteiger partial charge is 0.393 e. The van der Waals surface area contributed by atoms with Crippen LogP contribution in [0.3, 0.4) is 0 Å². The maximum absolute atomic E-state index is 12.6. The van der Waals surface area contributed by atoms with Gasteiger partial charge in [0, 0.05) is 19.4 Å². The van der Waals surface area contributed by atoms with Crippen molar-refractivity contribution in [3.05, 3.63) is 0 Å². The van der Waals surface area contributed by atoms with Crippen molar-refractivity contribution in [2.75, 3.05) is 13.7 Å². The number of fused-ring (bicyclic) bond motifs is 5. The van der Waals surface area contributed by atoms with Crippen LogP contribution in [-0.2, 0) is 28.8 Å². The monoisotopic (exact) mass is 678 g/mol. The SMILES string of the molecule is CO[C@@H]1[C@@H](O)[C@H](OC(CC[C@@H](C)[C@H]2C[C@H](O)[C@@H]3[C@]2(C)CC[C@@H]2[C@@]4(C)CC[C@H](O)C[C@@H]4[C@@H](O)C[C@]23O)C(C)C)O[C@H]1COS(=O)(=O)O. The third kappa shape index (κ3) is 6.57. The molecule has 5 rings (SSSR count). The van der Waals surface area contributed by atoms with Gasteiger partial charge in [0.05, 0.1) is 36.6 Å². The highest BCUT2D eigenvalue weighted by molar-refractivity contribution is 7.80. The molecule has 1 unspecified atom stereocenters. The van der Waals surface area contributed by atoms with E-state index in [1.807, 2.05) is 13.8 Å². The largest absolute Gasteiger partial charge is 0.397 e. The minimum absolute atomic E-state index is 0.0399. The van der Waals surface area contributed by atoms with Crippen LogP contribution < -0.4 is 0 Å². The summed E-state index contributed by atoms with van der Waals surface area (Å²) in [6.07, 6.45) is -0.342. The van der Waals surface area contributed by atoms with Crippen molar-refractivity contribution in [2.45, 2.75) is 147 Å². The van der Waals surface area contributed by atoms with E-state index in [1.54, 1.807) is 0 Å². The lowest BCUT2D eigenvalue weighted by atomic mass is 9.42. The molecule has 5 fully saturated rings. The topological polar surface area (TPSA) is 192 Å². The number of rotatable bonds is 11. The van der Waals surface area contributed by atoms with Crippen molar-refractivity contribution in [1.82, 2.24) is 0 Å². The minimum Gasteiger partial charge on any atom is -0.393 e. The standard InChI is InChI=1S/C33H58O12S/c1-17(2)24(44-30-27(37)28(42-6)25(45-30)16-43-46(39,40)41)8-7-18(3)20-14-22(35)29-32(20,5)12-10-26-31(4)11-9-19(34)13-21(31)23(36)15-33(26,29)38/h17-30,34-38H,7-16H2,1-6H3,(H,39,40,41)/t18-,19+,20-,21-,22+,23+,24?,25+,26-,27-,28+,29-,30-,31+,32-,33+/m1/s1. The second-order valence-corrected chi connectivity index (χ2v) is 17.3. The fraction of sp³-hybridized carbons (Fsp3) is 1.00. The fourth-order valence-corrected chi connectivity index (χ4v) is 11.5. The highest BCUT2D eigenvalue weighted by Crippen LogP contribution is 2.69. The summed E-state index contributed by atoms with van der Waals surface area (Å²) in [7, 11) is -3.33. The summed E-state index contributed by atoms with van der Waals surface area (Å²) in [4.78, 5) is 0. The van der Waals surface area contributed by atoms with E-state index in [-0.39, 0.29) is 58.9 Å². The van der Waals surface area contributed by atoms with Gasteiger partial charge in [-0.2, -0.15) is 8.42 Å². The van der Waals surface area contributed by atoms with Gasteiger partial charge in [0.25, 0.3) is 0 Å². The zero-order valence-electron chi connectivity index (χ0n) is 28.2. The number of hydrogen-bond donors (Lipinski definition) is 6. The van der Waals surface area contributed by atoms with Crippen LogP contribution >= 0.6 is 0 Å². The Morgan fingerprint density at radius 2 is 1.63 bits per heavy atom. The Hall–Kier alpha value is -0.450. The van der Waals surface area contributed by atoms with Gasteiger partial charge in [0.15, 0.2) is 6.29 Å². The van der Waals surface area contributed by atoms with E-state index >= 15 is 0 Å². The summed E-state index contributed by atoms with van der Waals surface area (Å²) in [5.41, 5.74) is -1.78. The van der Waals surface area contributed by atoms with Crippen LogP contribution in [0.15, 0.2) is 0 Å². The van der Waals surface area contributed by atoms with Gasteiger partial charge < -0.3 is 39.7 Å². The lowest BCUT2D eigenvalue weighted by Crippen LogP contribution is -2.68. The number of hydrogen-bond acceptors (Lipinski definition) is 11. The van der Waals surface area contributed by atoms with E-state index in [9.17, 15) is 34.0 Å². The second-order valence-electron chi connectivity index (χ2n) is 16.2. The van der Waals surface area contributed by atoms with Crippen LogP contribution in [0.2, 0.25) is 0 Å². The van der Waals surface area contributed by atoms with Crippen LogP contribution in [0.25, 0.3) is 0 Å². The zero-order chi connectivity index (χ0) is 34.0. The Morgan fingerprint density at radius 1 is 0.957 bits per heavy atom. The molecular weight excluding hydrogens is 620 g/mol. The Labute approximate surface area is 274 Å². The maximum atomic E-state index is 12.6. The predicted molar refractivity (Wildman–Crippen MR) is 167 cm³/mol. The van der Waals surface area contributed by atoms with Crippen LogP contribution in [0.5, 0.6) is 0 Å². The fourth-order valence-electron chi connectivity index (χ4n) is 11.2. The van der Waals surface area contributed by atoms with Gasteiger partial charge in [-0.25, -0.2) is 4.18 Å². The summed E-state index contributed by atoms with van der Waals surface area (Å²) in [6.45, 7) is 10.1. The summed E-state index contributed by atoms with van der Waals surface area (Å²) in [6, 6.07) is 0. The minimum atomic E-state index is -4.70. The number of ether oxygens (including phenoxy) is 3. The Kier molecular flexibility index (Phi) is 10.7. The molecule has 4 aliphatic carbocycles. The average Bonchev–Trinajstić information content (AvgIpc) is 3.41. The highest BCUT2D eigenvalue weighted by atomic mass is 32.3. The molecule has 16 atom stereocenters. The first-order valence-corrected chi connectivity index (χ1v) is 18.6. The van der Waals surface area contributed by atoms with E-state index in [4.69, 9.17) is 18.8 Å². The maximum Gasteiger partial charge on any atom is 0.397 e. The molecule has 0 spiro atoms. The Morgan fingerprint density at radius 3 is 2.26 bits per heavy atom. The first-order valence-electron chi connectivity index (χ1n) is 17.3. The predicted octanol–water partition coefficient (Wildman–Crippen LogP) is 2.44. The van der Waals surface area contributed by atoms with Gasteiger partial charge >= 0.3 is 10.4 Å². The number of methoxy groups -OCH3 is 1. The van der Waals surface area contributed by atoms with Gasteiger partial charge in [0.1, 0.15) is 18.3 Å². The highest BCUT2D eigenvalue weighted by Gasteiger charge is 2.70. The van der Waals surface area contributed by atoms with Crippen LogP contribution in [0.4, 0.5) is 0 Å². The van der Waals surface area contributed by atoms with E-state index in [2.05, 4.69) is 25.0 Å². The molecular formula is C33H58O12S. The molecule has 0 radical (unpaired) electrons. The quantitative estimate of drug-likeness (QED) is 0.175. The molecule has 0 aromatic rings. The lowest BCUT2D eigenvalue weighted by Gasteiger charge is -2.66. The first-order chi connectivity index (χ1) is 21.4. The molecule has 1 saturated heterocycles. The molecule has 1 aliphatic heterocycles. The van der Waals surface area contributed by atoms with Gasteiger partial charge in [-0.05, 0) is 91.8 Å². The van der Waals surface area contributed by atoms with Crippen molar-refractivity contribution in [2.24, 2.45) is 46.3 Å².